The monoisotopic (exact) mass is 144 g/mol. The number of rotatable bonds is 6. The number of amides is 1. The molecule has 58 valence electrons. The zero-order valence-corrected chi connectivity index (χ0v) is 6.02. The second kappa shape index (κ2) is 6.22. The number of hydrogen-bond acceptors (Lipinski definition) is 3. The van der Waals surface area contributed by atoms with Crippen molar-refractivity contribution in [2.75, 3.05) is 19.6 Å². The molecule has 0 heterocycles. The minimum absolute atomic E-state index is 0.103. The molecule has 0 aliphatic rings. The van der Waals surface area contributed by atoms with Crippen molar-refractivity contribution in [2.45, 2.75) is 6.92 Å². The molecule has 0 radical (unpaired) electrons. The van der Waals surface area contributed by atoms with E-state index in [-0.39, 0.29) is 5.78 Å². The standard InChI is InChI=1S/C6H12N2O2/c1-6(10)4-7-2-3-8-5-9/h5,7H,2-4H2,1H3,(H,8,9). The van der Waals surface area contributed by atoms with E-state index >= 15 is 0 Å². The number of carbonyl (C=O) groups excluding carboxylic acids is 2. The van der Waals surface area contributed by atoms with Gasteiger partial charge in [-0.1, -0.05) is 0 Å². The molecule has 0 bridgehead atoms. The van der Waals surface area contributed by atoms with Crippen LogP contribution in [0, 0.1) is 0 Å². The molecule has 0 rings (SSSR count). The molecule has 0 aromatic rings. The molecule has 0 saturated carbocycles. The maximum absolute atomic E-state index is 10.3. The normalized spacial score (nSPS) is 8.90. The van der Waals surface area contributed by atoms with Crippen molar-refractivity contribution >= 4 is 12.2 Å². The van der Waals surface area contributed by atoms with Gasteiger partial charge in [-0.15, -0.1) is 0 Å². The van der Waals surface area contributed by atoms with Crippen molar-refractivity contribution in [2.24, 2.45) is 0 Å². The van der Waals surface area contributed by atoms with Crippen molar-refractivity contribution in [1.82, 2.24) is 10.6 Å². The first-order valence-corrected chi connectivity index (χ1v) is 3.14. The van der Waals surface area contributed by atoms with Crippen LogP contribution in [0.3, 0.4) is 0 Å². The Morgan fingerprint density at radius 2 is 2.20 bits per heavy atom. The van der Waals surface area contributed by atoms with Crippen LogP contribution >= 0.6 is 0 Å². The summed E-state index contributed by atoms with van der Waals surface area (Å²) in [6.07, 6.45) is 0.634. The van der Waals surface area contributed by atoms with Crippen LogP contribution in [-0.2, 0) is 9.59 Å². The summed E-state index contributed by atoms with van der Waals surface area (Å²) in [5, 5.41) is 5.32. The van der Waals surface area contributed by atoms with Gasteiger partial charge < -0.3 is 10.6 Å². The first-order valence-electron chi connectivity index (χ1n) is 3.14. The first-order chi connectivity index (χ1) is 4.77. The maximum Gasteiger partial charge on any atom is 0.207 e. The molecule has 0 fully saturated rings. The Morgan fingerprint density at radius 1 is 1.50 bits per heavy atom. The fraction of sp³-hybridized carbons (Fsp3) is 0.667. The van der Waals surface area contributed by atoms with E-state index in [2.05, 4.69) is 10.6 Å². The predicted molar refractivity (Wildman–Crippen MR) is 37.6 cm³/mol. The lowest BCUT2D eigenvalue weighted by atomic mass is 10.4. The van der Waals surface area contributed by atoms with Crippen molar-refractivity contribution in [3.05, 3.63) is 0 Å². The zero-order valence-electron chi connectivity index (χ0n) is 6.02. The Balaban J connectivity index is 2.90. The largest absolute Gasteiger partial charge is 0.357 e. The van der Waals surface area contributed by atoms with Crippen molar-refractivity contribution < 1.29 is 9.59 Å². The molecular formula is C6H12N2O2. The van der Waals surface area contributed by atoms with Gasteiger partial charge in [0.2, 0.25) is 6.41 Å². The Labute approximate surface area is 60.0 Å². The van der Waals surface area contributed by atoms with E-state index in [1.807, 2.05) is 0 Å². The van der Waals surface area contributed by atoms with Crippen LogP contribution in [0.25, 0.3) is 0 Å². The van der Waals surface area contributed by atoms with Crippen LogP contribution in [-0.4, -0.2) is 31.8 Å². The molecule has 0 aliphatic heterocycles. The van der Waals surface area contributed by atoms with E-state index in [1.165, 1.54) is 6.92 Å². The van der Waals surface area contributed by atoms with Crippen LogP contribution in [0.2, 0.25) is 0 Å². The topological polar surface area (TPSA) is 58.2 Å². The third-order valence-electron chi connectivity index (χ3n) is 0.903. The summed E-state index contributed by atoms with van der Waals surface area (Å²) in [5.41, 5.74) is 0. The fourth-order valence-corrected chi connectivity index (χ4v) is 0.484. The minimum Gasteiger partial charge on any atom is -0.357 e. The highest BCUT2D eigenvalue weighted by molar-refractivity contribution is 5.77. The van der Waals surface area contributed by atoms with Crippen molar-refractivity contribution in [3.63, 3.8) is 0 Å². The van der Waals surface area contributed by atoms with Gasteiger partial charge in [0.15, 0.2) is 0 Å². The average Bonchev–Trinajstić information content (AvgIpc) is 1.87. The summed E-state index contributed by atoms with van der Waals surface area (Å²) in [4.78, 5) is 20.0. The number of ketones is 1. The summed E-state index contributed by atoms with van der Waals surface area (Å²) in [5.74, 6) is 0.103. The van der Waals surface area contributed by atoms with Crippen LogP contribution in [0.5, 0.6) is 0 Å². The van der Waals surface area contributed by atoms with Gasteiger partial charge in [0.25, 0.3) is 0 Å². The molecule has 1 amide bonds. The smallest absolute Gasteiger partial charge is 0.207 e. The van der Waals surface area contributed by atoms with Crippen molar-refractivity contribution in [3.8, 4) is 0 Å². The van der Waals surface area contributed by atoms with Gasteiger partial charge >= 0.3 is 0 Å². The van der Waals surface area contributed by atoms with Crippen LogP contribution in [0.4, 0.5) is 0 Å². The molecule has 0 saturated heterocycles. The van der Waals surface area contributed by atoms with E-state index < -0.39 is 0 Å². The lowest BCUT2D eigenvalue weighted by Gasteiger charge is -1.99. The molecule has 10 heavy (non-hydrogen) atoms. The molecule has 4 heteroatoms. The minimum atomic E-state index is 0.103. The van der Waals surface area contributed by atoms with E-state index in [0.29, 0.717) is 26.0 Å². The van der Waals surface area contributed by atoms with E-state index in [4.69, 9.17) is 0 Å². The highest BCUT2D eigenvalue weighted by atomic mass is 16.1. The number of Topliss-reactive ketones (excluding diaryl/α,β-unsaturated/α-hetero) is 1. The molecule has 2 N–H and O–H groups in total. The summed E-state index contributed by atoms with van der Waals surface area (Å²) in [6.45, 7) is 3.09. The van der Waals surface area contributed by atoms with Gasteiger partial charge in [-0.25, -0.2) is 0 Å². The lowest BCUT2D eigenvalue weighted by Crippen LogP contribution is -2.29. The number of nitrogens with one attached hydrogen (secondary N) is 2. The Bertz CT molecular complexity index is 114. The first kappa shape index (κ1) is 9.10. The van der Waals surface area contributed by atoms with Gasteiger partial charge in [-0.2, -0.15) is 0 Å². The van der Waals surface area contributed by atoms with Gasteiger partial charge in [0.1, 0.15) is 5.78 Å². The van der Waals surface area contributed by atoms with Crippen LogP contribution in [0.15, 0.2) is 0 Å². The summed E-state index contributed by atoms with van der Waals surface area (Å²) in [7, 11) is 0. The molecular weight excluding hydrogens is 132 g/mol. The highest BCUT2D eigenvalue weighted by Crippen LogP contribution is 1.62. The predicted octanol–water partition coefficient (Wildman–Crippen LogP) is -1.09. The number of hydrogen-bond donors (Lipinski definition) is 2. The highest BCUT2D eigenvalue weighted by Gasteiger charge is 1.89. The third kappa shape index (κ3) is 7.10. The Morgan fingerprint density at radius 3 is 2.70 bits per heavy atom. The average molecular weight is 144 g/mol. The van der Waals surface area contributed by atoms with Gasteiger partial charge in [0.05, 0.1) is 6.54 Å². The molecule has 0 spiro atoms. The molecule has 4 nitrogen and oxygen atoms in total. The lowest BCUT2D eigenvalue weighted by molar-refractivity contribution is -0.116. The molecule has 0 atom stereocenters. The second-order valence-corrected chi connectivity index (χ2v) is 1.95. The molecule has 0 aromatic carbocycles. The fourth-order valence-electron chi connectivity index (χ4n) is 0.484. The maximum atomic E-state index is 10.3. The SMILES string of the molecule is CC(=O)CNCCNC=O. The summed E-state index contributed by atoms with van der Waals surface area (Å²) >= 11 is 0. The van der Waals surface area contributed by atoms with Gasteiger partial charge in [-0.05, 0) is 6.92 Å². The number of carbonyl (C=O) groups is 2. The summed E-state index contributed by atoms with van der Waals surface area (Å²) in [6, 6.07) is 0. The van der Waals surface area contributed by atoms with Crippen LogP contribution in [0.1, 0.15) is 6.92 Å². The van der Waals surface area contributed by atoms with E-state index in [9.17, 15) is 9.59 Å². The molecule has 0 aromatic heterocycles. The molecule has 0 aliphatic carbocycles. The van der Waals surface area contributed by atoms with E-state index in [0.717, 1.165) is 0 Å². The summed E-state index contributed by atoms with van der Waals surface area (Å²) < 4.78 is 0. The van der Waals surface area contributed by atoms with E-state index in [1.54, 1.807) is 0 Å². The third-order valence-corrected chi connectivity index (χ3v) is 0.903. The van der Waals surface area contributed by atoms with Crippen LogP contribution < -0.4 is 10.6 Å². The quantitative estimate of drug-likeness (QED) is 0.368. The zero-order chi connectivity index (χ0) is 7.82. The Kier molecular flexibility index (Phi) is 5.66. The molecule has 0 unspecified atom stereocenters. The Hall–Kier alpha value is -0.900. The van der Waals surface area contributed by atoms with Crippen molar-refractivity contribution in [1.29, 1.82) is 0 Å². The van der Waals surface area contributed by atoms with Gasteiger partial charge in [-0.3, -0.25) is 9.59 Å². The second-order valence-electron chi connectivity index (χ2n) is 1.95. The van der Waals surface area contributed by atoms with Gasteiger partial charge in [0, 0.05) is 13.1 Å².